The molecule has 6 nitrogen and oxygen atoms in total. The minimum atomic E-state index is -3.60. The number of hydrogen-bond donors (Lipinski definition) is 2. The molecule has 1 aliphatic carbocycles. The van der Waals surface area contributed by atoms with Crippen LogP contribution in [-0.4, -0.2) is 39.4 Å². The van der Waals surface area contributed by atoms with E-state index in [9.17, 15) is 13.2 Å². The Labute approximate surface area is 135 Å². The van der Waals surface area contributed by atoms with E-state index in [2.05, 4.69) is 9.71 Å². The summed E-state index contributed by atoms with van der Waals surface area (Å²) in [6.07, 6.45) is 2.21. The lowest BCUT2D eigenvalue weighted by Crippen LogP contribution is -2.27. The molecular weight excluding hydrogens is 316 g/mol. The smallest absolute Gasteiger partial charge is 0.240 e. The van der Waals surface area contributed by atoms with Crippen molar-refractivity contribution >= 4 is 26.7 Å². The number of carbonyl (C=O) groups is 1. The number of aromatic amines is 1. The van der Waals surface area contributed by atoms with Crippen LogP contribution in [0.5, 0.6) is 0 Å². The van der Waals surface area contributed by atoms with E-state index in [1.807, 2.05) is 0 Å². The maximum Gasteiger partial charge on any atom is 0.240 e. The van der Waals surface area contributed by atoms with Gasteiger partial charge in [-0.2, -0.15) is 0 Å². The number of benzene rings is 1. The Kier molecular flexibility index (Phi) is 4.27. The van der Waals surface area contributed by atoms with Crippen molar-refractivity contribution in [2.24, 2.45) is 0 Å². The highest BCUT2D eigenvalue weighted by atomic mass is 32.2. The average Bonchev–Trinajstić information content (AvgIpc) is 2.85. The number of aromatic nitrogens is 1. The lowest BCUT2D eigenvalue weighted by atomic mass is 9.94. The van der Waals surface area contributed by atoms with Gasteiger partial charge in [-0.1, -0.05) is 0 Å². The number of H-pyrrole nitrogens is 1. The molecule has 0 amide bonds. The largest absolute Gasteiger partial charge is 0.383 e. The van der Waals surface area contributed by atoms with E-state index in [1.165, 1.54) is 7.11 Å². The number of rotatable bonds is 5. The van der Waals surface area contributed by atoms with E-state index in [4.69, 9.17) is 4.74 Å². The molecule has 1 aromatic heterocycles. The number of hydrogen-bond acceptors (Lipinski definition) is 4. The van der Waals surface area contributed by atoms with Crippen LogP contribution in [0.2, 0.25) is 0 Å². The van der Waals surface area contributed by atoms with Gasteiger partial charge in [0.2, 0.25) is 10.0 Å². The van der Waals surface area contributed by atoms with Gasteiger partial charge in [-0.15, -0.1) is 0 Å². The summed E-state index contributed by atoms with van der Waals surface area (Å²) >= 11 is 0. The SMILES string of the molecule is COCCNS(=O)(=O)c1cc2[nH]c3c(c2cc1C)C(=O)CCC3. The fraction of sp³-hybridized carbons (Fsp3) is 0.438. The van der Waals surface area contributed by atoms with E-state index in [1.54, 1.807) is 19.1 Å². The minimum absolute atomic E-state index is 0.130. The Morgan fingerprint density at radius 3 is 2.83 bits per heavy atom. The number of methoxy groups -OCH3 is 1. The standard InChI is InChI=1S/C16H20N2O4S/c1-10-8-11-13(18-12-4-3-5-14(19)16(11)12)9-15(10)23(20,21)17-6-7-22-2/h8-9,17-18H,3-7H2,1-2H3. The topological polar surface area (TPSA) is 88.3 Å². The van der Waals surface area contributed by atoms with E-state index in [0.717, 1.165) is 29.5 Å². The molecule has 0 saturated carbocycles. The van der Waals surface area contributed by atoms with Crippen LogP contribution < -0.4 is 4.72 Å². The number of aryl methyl sites for hydroxylation is 2. The molecule has 3 rings (SSSR count). The Bertz CT molecular complexity index is 868. The van der Waals surface area contributed by atoms with Crippen LogP contribution in [-0.2, 0) is 21.2 Å². The van der Waals surface area contributed by atoms with E-state index in [-0.39, 0.29) is 17.2 Å². The molecule has 0 atom stereocenters. The van der Waals surface area contributed by atoms with Crippen molar-refractivity contribution in [1.29, 1.82) is 0 Å². The van der Waals surface area contributed by atoms with Crippen LogP contribution in [0, 0.1) is 6.92 Å². The van der Waals surface area contributed by atoms with E-state index < -0.39 is 10.0 Å². The van der Waals surface area contributed by atoms with Crippen LogP contribution in [0.1, 0.15) is 34.5 Å². The van der Waals surface area contributed by atoms with Gasteiger partial charge in [0.1, 0.15) is 0 Å². The zero-order valence-corrected chi connectivity index (χ0v) is 14.0. The van der Waals surface area contributed by atoms with Gasteiger partial charge in [0.15, 0.2) is 5.78 Å². The van der Waals surface area contributed by atoms with Gasteiger partial charge in [0, 0.05) is 42.2 Å². The normalized spacial score (nSPS) is 15.1. The van der Waals surface area contributed by atoms with Crippen LogP contribution in [0.3, 0.4) is 0 Å². The summed E-state index contributed by atoms with van der Waals surface area (Å²) in [7, 11) is -2.08. The molecule has 0 aliphatic heterocycles. The van der Waals surface area contributed by atoms with Crippen LogP contribution >= 0.6 is 0 Å². The van der Waals surface area contributed by atoms with Gasteiger partial charge in [0.25, 0.3) is 0 Å². The fourth-order valence-electron chi connectivity index (χ4n) is 3.09. The first-order chi connectivity index (χ1) is 10.9. The summed E-state index contributed by atoms with van der Waals surface area (Å²) in [6.45, 7) is 2.28. The monoisotopic (exact) mass is 336 g/mol. The van der Waals surface area contributed by atoms with Gasteiger partial charge in [-0.3, -0.25) is 4.79 Å². The number of ether oxygens (including phenoxy) is 1. The van der Waals surface area contributed by atoms with Gasteiger partial charge < -0.3 is 9.72 Å². The maximum absolute atomic E-state index is 12.4. The molecule has 2 N–H and O–H groups in total. The van der Waals surface area contributed by atoms with E-state index >= 15 is 0 Å². The molecule has 0 radical (unpaired) electrons. The first-order valence-electron chi connectivity index (χ1n) is 7.61. The number of Topliss-reactive ketones (excluding diaryl/α,β-unsaturated/α-hetero) is 1. The zero-order valence-electron chi connectivity index (χ0n) is 13.2. The molecule has 0 unspecified atom stereocenters. The molecule has 124 valence electrons. The molecule has 7 heteroatoms. The predicted octanol–water partition coefficient (Wildman–Crippen LogP) is 1.92. The van der Waals surface area contributed by atoms with Crippen molar-refractivity contribution in [3.63, 3.8) is 0 Å². The first kappa shape index (κ1) is 16.2. The summed E-state index contributed by atoms with van der Waals surface area (Å²) < 4.78 is 32.3. The molecule has 2 aromatic rings. The van der Waals surface area contributed by atoms with Crippen LogP contribution in [0.4, 0.5) is 0 Å². The number of sulfonamides is 1. The van der Waals surface area contributed by atoms with E-state index in [0.29, 0.717) is 24.1 Å². The summed E-state index contributed by atoms with van der Waals surface area (Å²) in [5.74, 6) is 0.130. The van der Waals surface area contributed by atoms with Gasteiger partial charge in [-0.25, -0.2) is 13.1 Å². The second-order valence-corrected chi connectivity index (χ2v) is 7.54. The highest BCUT2D eigenvalue weighted by Gasteiger charge is 2.25. The van der Waals surface area contributed by atoms with Crippen molar-refractivity contribution in [2.75, 3.05) is 20.3 Å². The lowest BCUT2D eigenvalue weighted by Gasteiger charge is -2.11. The molecule has 23 heavy (non-hydrogen) atoms. The Balaban J connectivity index is 2.07. The molecular formula is C16H20N2O4S. The van der Waals surface area contributed by atoms with Crippen molar-refractivity contribution in [3.05, 3.63) is 29.0 Å². The number of fused-ring (bicyclic) bond motifs is 3. The Morgan fingerprint density at radius 1 is 1.30 bits per heavy atom. The fourth-order valence-corrected chi connectivity index (χ4v) is 4.35. The zero-order chi connectivity index (χ0) is 16.6. The lowest BCUT2D eigenvalue weighted by molar-refractivity contribution is 0.0974. The summed E-state index contributed by atoms with van der Waals surface area (Å²) in [4.78, 5) is 15.6. The van der Waals surface area contributed by atoms with Crippen molar-refractivity contribution in [3.8, 4) is 0 Å². The second-order valence-electron chi connectivity index (χ2n) is 5.81. The number of nitrogens with one attached hydrogen (secondary N) is 2. The highest BCUT2D eigenvalue weighted by molar-refractivity contribution is 7.89. The molecule has 0 spiro atoms. The third kappa shape index (κ3) is 2.91. The molecule has 0 fully saturated rings. The van der Waals surface area contributed by atoms with Gasteiger partial charge in [0.05, 0.1) is 11.5 Å². The summed E-state index contributed by atoms with van der Waals surface area (Å²) in [5, 5.41) is 0.818. The van der Waals surface area contributed by atoms with Gasteiger partial charge >= 0.3 is 0 Å². The third-order valence-electron chi connectivity index (χ3n) is 4.17. The average molecular weight is 336 g/mol. The van der Waals surface area contributed by atoms with Crippen molar-refractivity contribution in [1.82, 2.24) is 9.71 Å². The minimum Gasteiger partial charge on any atom is -0.383 e. The maximum atomic E-state index is 12.4. The van der Waals surface area contributed by atoms with Gasteiger partial charge in [-0.05, 0) is 37.5 Å². The van der Waals surface area contributed by atoms with Crippen molar-refractivity contribution in [2.45, 2.75) is 31.1 Å². The number of carbonyl (C=O) groups excluding carboxylic acids is 1. The quantitative estimate of drug-likeness (QED) is 0.817. The summed E-state index contributed by atoms with van der Waals surface area (Å²) in [5.41, 5.74) is 2.97. The van der Waals surface area contributed by atoms with Crippen molar-refractivity contribution < 1.29 is 17.9 Å². The molecule has 0 bridgehead atoms. The Morgan fingerprint density at radius 2 is 2.09 bits per heavy atom. The molecule has 1 aliphatic rings. The summed E-state index contributed by atoms with van der Waals surface area (Å²) in [6, 6.07) is 3.41. The molecule has 0 saturated heterocycles. The molecule has 1 aromatic carbocycles. The Hall–Kier alpha value is -1.70. The number of ketones is 1. The first-order valence-corrected chi connectivity index (χ1v) is 9.09. The second kappa shape index (κ2) is 6.07. The van der Waals surface area contributed by atoms with Crippen LogP contribution in [0.15, 0.2) is 17.0 Å². The predicted molar refractivity (Wildman–Crippen MR) is 87.4 cm³/mol. The third-order valence-corrected chi connectivity index (χ3v) is 5.77. The van der Waals surface area contributed by atoms with Crippen LogP contribution in [0.25, 0.3) is 10.9 Å². The molecule has 1 heterocycles. The highest BCUT2D eigenvalue weighted by Crippen LogP contribution is 2.32.